The first-order valence-electron chi connectivity index (χ1n) is 9.50. The number of amides is 1. The third kappa shape index (κ3) is 5.16. The fourth-order valence-corrected chi connectivity index (χ4v) is 3.33. The predicted octanol–water partition coefficient (Wildman–Crippen LogP) is 4.74. The maximum Gasteiger partial charge on any atom is 0.352 e. The smallest absolute Gasteiger partial charge is 0.352 e. The van der Waals surface area contributed by atoms with Gasteiger partial charge in [-0.25, -0.2) is 4.79 Å². The minimum atomic E-state index is -1.28. The standard InChI is InChI=1S/C24H22ClNO5/c1-14-10-17(11-15(2)23(14)25)31-13-22(27)26-20(24(28)29)12-19-18-7-5-4-6-16(18)8-9-21(19)30-3/h4-12H,13H2,1-3H3,(H,26,27)(H,28,29)/b20-12+. The predicted molar refractivity (Wildman–Crippen MR) is 121 cm³/mol. The van der Waals surface area contributed by atoms with Crippen molar-refractivity contribution in [3.05, 3.63) is 75.9 Å². The number of carboxylic acids is 1. The van der Waals surface area contributed by atoms with Crippen molar-refractivity contribution < 1.29 is 24.2 Å². The highest BCUT2D eigenvalue weighted by atomic mass is 35.5. The molecule has 2 N–H and O–H groups in total. The minimum absolute atomic E-state index is 0.285. The van der Waals surface area contributed by atoms with Crippen LogP contribution in [-0.2, 0) is 9.59 Å². The SMILES string of the molecule is COc1ccc2ccccc2c1/C=C(/NC(=O)COc1cc(C)c(Cl)c(C)c1)C(=O)O. The maximum absolute atomic E-state index is 12.4. The van der Waals surface area contributed by atoms with Crippen LogP contribution in [0.4, 0.5) is 0 Å². The topological polar surface area (TPSA) is 84.9 Å². The van der Waals surface area contributed by atoms with Crippen molar-refractivity contribution in [2.75, 3.05) is 13.7 Å². The van der Waals surface area contributed by atoms with Crippen LogP contribution >= 0.6 is 11.6 Å². The van der Waals surface area contributed by atoms with Crippen molar-refractivity contribution in [3.63, 3.8) is 0 Å². The molecule has 31 heavy (non-hydrogen) atoms. The average Bonchev–Trinajstić information content (AvgIpc) is 2.75. The number of methoxy groups -OCH3 is 1. The van der Waals surface area contributed by atoms with Crippen LogP contribution in [-0.4, -0.2) is 30.7 Å². The molecule has 0 fully saturated rings. The molecule has 0 saturated carbocycles. The Morgan fingerprint density at radius 3 is 2.42 bits per heavy atom. The second-order valence-electron chi connectivity index (χ2n) is 6.97. The maximum atomic E-state index is 12.4. The molecule has 7 heteroatoms. The zero-order valence-electron chi connectivity index (χ0n) is 17.4. The average molecular weight is 440 g/mol. The second kappa shape index (κ2) is 9.53. The van der Waals surface area contributed by atoms with E-state index in [4.69, 9.17) is 21.1 Å². The molecular formula is C24H22ClNO5. The molecule has 0 bridgehead atoms. The number of benzene rings is 3. The molecule has 0 radical (unpaired) electrons. The van der Waals surface area contributed by atoms with Gasteiger partial charge >= 0.3 is 5.97 Å². The van der Waals surface area contributed by atoms with Gasteiger partial charge in [0.15, 0.2) is 6.61 Å². The van der Waals surface area contributed by atoms with Crippen LogP contribution in [0.25, 0.3) is 16.8 Å². The molecule has 0 aliphatic rings. The molecule has 0 unspecified atom stereocenters. The summed E-state index contributed by atoms with van der Waals surface area (Å²) in [6, 6.07) is 14.6. The second-order valence-corrected chi connectivity index (χ2v) is 7.35. The van der Waals surface area contributed by atoms with Crippen LogP contribution in [0.3, 0.4) is 0 Å². The van der Waals surface area contributed by atoms with Crippen molar-refractivity contribution >= 4 is 40.3 Å². The summed E-state index contributed by atoms with van der Waals surface area (Å²) in [6.45, 7) is 3.33. The monoisotopic (exact) mass is 439 g/mol. The molecule has 0 saturated heterocycles. The summed E-state index contributed by atoms with van der Waals surface area (Å²) < 4.78 is 10.9. The molecule has 1 amide bonds. The number of rotatable bonds is 7. The van der Waals surface area contributed by atoms with E-state index in [1.165, 1.54) is 13.2 Å². The number of carboxylic acid groups (broad SMARTS) is 1. The zero-order valence-corrected chi connectivity index (χ0v) is 18.1. The molecular weight excluding hydrogens is 418 g/mol. The third-order valence-electron chi connectivity index (χ3n) is 4.72. The summed E-state index contributed by atoms with van der Waals surface area (Å²) in [5, 5.41) is 14.4. The number of nitrogens with one attached hydrogen (secondary N) is 1. The fourth-order valence-electron chi connectivity index (χ4n) is 3.22. The number of halogens is 1. The molecule has 160 valence electrons. The molecule has 0 aliphatic heterocycles. The van der Waals surface area contributed by atoms with Gasteiger partial charge in [0.05, 0.1) is 7.11 Å². The van der Waals surface area contributed by atoms with Crippen molar-refractivity contribution in [3.8, 4) is 11.5 Å². The van der Waals surface area contributed by atoms with Crippen LogP contribution in [0.15, 0.2) is 54.2 Å². The van der Waals surface area contributed by atoms with E-state index >= 15 is 0 Å². The Labute approximate surface area is 185 Å². The van der Waals surface area contributed by atoms with Crippen molar-refractivity contribution in [1.82, 2.24) is 5.32 Å². The third-order valence-corrected chi connectivity index (χ3v) is 5.32. The zero-order chi connectivity index (χ0) is 22.5. The van der Waals surface area contributed by atoms with E-state index in [2.05, 4.69) is 5.32 Å². The number of carbonyl (C=O) groups excluding carboxylic acids is 1. The Kier molecular flexibility index (Phi) is 6.82. The lowest BCUT2D eigenvalue weighted by atomic mass is 10.0. The Morgan fingerprint density at radius 2 is 1.77 bits per heavy atom. The summed E-state index contributed by atoms with van der Waals surface area (Å²) >= 11 is 6.14. The lowest BCUT2D eigenvalue weighted by molar-refractivity contribution is -0.134. The van der Waals surface area contributed by atoms with Gasteiger partial charge in [-0.2, -0.15) is 0 Å². The van der Waals surface area contributed by atoms with Gasteiger partial charge in [0.1, 0.15) is 17.2 Å². The van der Waals surface area contributed by atoms with Gasteiger partial charge in [-0.05, 0) is 60.0 Å². The lowest BCUT2D eigenvalue weighted by Crippen LogP contribution is -2.31. The first-order chi connectivity index (χ1) is 14.8. The Morgan fingerprint density at radius 1 is 1.10 bits per heavy atom. The van der Waals surface area contributed by atoms with Crippen LogP contribution in [0.1, 0.15) is 16.7 Å². The number of hydrogen-bond donors (Lipinski definition) is 2. The highest BCUT2D eigenvalue weighted by molar-refractivity contribution is 6.32. The first kappa shape index (κ1) is 22.2. The number of aliphatic carboxylic acids is 1. The number of carbonyl (C=O) groups is 2. The van der Waals surface area contributed by atoms with Gasteiger partial charge < -0.3 is 19.9 Å². The highest BCUT2D eigenvalue weighted by Crippen LogP contribution is 2.30. The number of aryl methyl sites for hydroxylation is 2. The van der Waals surface area contributed by atoms with Gasteiger partial charge in [0.2, 0.25) is 0 Å². The molecule has 0 spiro atoms. The number of hydrogen-bond acceptors (Lipinski definition) is 4. The minimum Gasteiger partial charge on any atom is -0.496 e. The van der Waals surface area contributed by atoms with E-state index in [0.29, 0.717) is 22.1 Å². The normalized spacial score (nSPS) is 11.3. The van der Waals surface area contributed by atoms with Crippen molar-refractivity contribution in [2.24, 2.45) is 0 Å². The van der Waals surface area contributed by atoms with Gasteiger partial charge in [-0.15, -0.1) is 0 Å². The largest absolute Gasteiger partial charge is 0.496 e. The summed E-state index contributed by atoms with van der Waals surface area (Å²) in [4.78, 5) is 24.2. The summed E-state index contributed by atoms with van der Waals surface area (Å²) in [7, 11) is 1.50. The number of fused-ring (bicyclic) bond motifs is 1. The molecule has 0 atom stereocenters. The molecule has 3 rings (SSSR count). The van der Waals surface area contributed by atoms with Crippen molar-refractivity contribution in [1.29, 1.82) is 0 Å². The van der Waals surface area contributed by atoms with E-state index in [-0.39, 0.29) is 12.3 Å². The van der Waals surface area contributed by atoms with Gasteiger partial charge in [-0.1, -0.05) is 41.9 Å². The van der Waals surface area contributed by atoms with Gasteiger partial charge in [0.25, 0.3) is 5.91 Å². The van der Waals surface area contributed by atoms with Gasteiger partial charge in [0, 0.05) is 10.6 Å². The fraction of sp³-hybridized carbons (Fsp3) is 0.167. The van der Waals surface area contributed by atoms with Crippen LogP contribution in [0.5, 0.6) is 11.5 Å². The van der Waals surface area contributed by atoms with Crippen LogP contribution in [0.2, 0.25) is 5.02 Å². The summed E-state index contributed by atoms with van der Waals surface area (Å²) in [6.07, 6.45) is 1.39. The number of ether oxygens (including phenoxy) is 2. The molecule has 3 aromatic carbocycles. The van der Waals surface area contributed by atoms with E-state index in [1.54, 1.807) is 18.2 Å². The summed E-state index contributed by atoms with van der Waals surface area (Å²) in [5.74, 6) is -0.902. The lowest BCUT2D eigenvalue weighted by Gasteiger charge is -2.12. The quantitative estimate of drug-likeness (QED) is 0.519. The van der Waals surface area contributed by atoms with E-state index in [0.717, 1.165) is 21.9 Å². The van der Waals surface area contributed by atoms with Crippen LogP contribution in [0, 0.1) is 13.8 Å². The summed E-state index contributed by atoms with van der Waals surface area (Å²) in [5.41, 5.74) is 1.92. The molecule has 0 heterocycles. The van der Waals surface area contributed by atoms with E-state index in [1.807, 2.05) is 44.2 Å². The van der Waals surface area contributed by atoms with E-state index < -0.39 is 11.9 Å². The highest BCUT2D eigenvalue weighted by Gasteiger charge is 2.15. The molecule has 6 nitrogen and oxygen atoms in total. The Hall–Kier alpha value is -3.51. The molecule has 3 aromatic rings. The van der Waals surface area contributed by atoms with Gasteiger partial charge in [-0.3, -0.25) is 4.79 Å². The van der Waals surface area contributed by atoms with Crippen molar-refractivity contribution in [2.45, 2.75) is 13.8 Å². The van der Waals surface area contributed by atoms with Crippen LogP contribution < -0.4 is 14.8 Å². The Balaban J connectivity index is 1.83. The molecule has 0 aliphatic carbocycles. The van der Waals surface area contributed by atoms with E-state index in [9.17, 15) is 14.7 Å². The first-order valence-corrected chi connectivity index (χ1v) is 9.88. The molecule has 0 aromatic heterocycles. The Bertz CT molecular complexity index is 1160.